The molecule has 0 amide bonds. The van der Waals surface area contributed by atoms with Gasteiger partial charge in [0.25, 0.3) is 0 Å². The predicted molar refractivity (Wildman–Crippen MR) is 70.3 cm³/mol. The molecule has 5 heteroatoms. The fourth-order valence-electron chi connectivity index (χ4n) is 2.49. The summed E-state index contributed by atoms with van der Waals surface area (Å²) in [4.78, 5) is 13.1. The number of rotatable bonds is 4. The summed E-state index contributed by atoms with van der Waals surface area (Å²) >= 11 is 0. The molecule has 1 saturated heterocycles. The molecule has 1 heterocycles. The van der Waals surface area contributed by atoms with Crippen LogP contribution in [0.15, 0.2) is 18.2 Å². The summed E-state index contributed by atoms with van der Waals surface area (Å²) in [6.45, 7) is 2.13. The van der Waals surface area contributed by atoms with Crippen LogP contribution in [-0.4, -0.2) is 41.3 Å². The van der Waals surface area contributed by atoms with E-state index in [9.17, 15) is 9.90 Å². The summed E-state index contributed by atoms with van der Waals surface area (Å²) in [7, 11) is 1.51. The number of hydrogen-bond acceptors (Lipinski definition) is 4. The lowest BCUT2D eigenvalue weighted by Gasteiger charge is -2.30. The van der Waals surface area contributed by atoms with Gasteiger partial charge in [0.05, 0.1) is 13.0 Å². The lowest BCUT2D eigenvalue weighted by molar-refractivity contribution is -0.143. The lowest BCUT2D eigenvalue weighted by Crippen LogP contribution is -2.38. The zero-order valence-corrected chi connectivity index (χ0v) is 11.0. The van der Waals surface area contributed by atoms with E-state index in [0.29, 0.717) is 18.8 Å². The topological polar surface area (TPSA) is 70.0 Å². The number of aromatic hydroxyl groups is 1. The first kappa shape index (κ1) is 13.7. The number of carbonyl (C=O) groups is 1. The Hall–Kier alpha value is -1.75. The number of carboxylic acid groups (broad SMARTS) is 1. The molecule has 2 rings (SSSR count). The van der Waals surface area contributed by atoms with E-state index in [4.69, 9.17) is 9.84 Å². The molecule has 1 fully saturated rings. The number of phenols is 1. The average molecular weight is 265 g/mol. The molecule has 0 saturated carbocycles. The fourth-order valence-corrected chi connectivity index (χ4v) is 2.49. The zero-order valence-electron chi connectivity index (χ0n) is 11.0. The molecule has 1 unspecified atom stereocenters. The third-order valence-electron chi connectivity index (χ3n) is 3.50. The van der Waals surface area contributed by atoms with Crippen molar-refractivity contribution < 1.29 is 19.7 Å². The maximum absolute atomic E-state index is 11.0. The molecule has 1 aromatic carbocycles. The zero-order chi connectivity index (χ0) is 13.8. The number of piperidine rings is 1. The van der Waals surface area contributed by atoms with Crippen LogP contribution in [0.25, 0.3) is 0 Å². The molecule has 1 atom stereocenters. The Balaban J connectivity index is 2.00. The van der Waals surface area contributed by atoms with Gasteiger partial charge in [-0.3, -0.25) is 9.69 Å². The fraction of sp³-hybridized carbons (Fsp3) is 0.500. The van der Waals surface area contributed by atoms with Crippen molar-refractivity contribution in [3.8, 4) is 11.5 Å². The van der Waals surface area contributed by atoms with Crippen LogP contribution in [0.3, 0.4) is 0 Å². The molecule has 5 nitrogen and oxygen atoms in total. The normalized spacial score (nSPS) is 20.2. The van der Waals surface area contributed by atoms with Crippen LogP contribution in [0.5, 0.6) is 11.5 Å². The molecule has 0 aliphatic carbocycles. The van der Waals surface area contributed by atoms with E-state index in [1.165, 1.54) is 7.11 Å². The number of carboxylic acids is 1. The second-order valence-corrected chi connectivity index (χ2v) is 4.92. The highest BCUT2D eigenvalue weighted by Crippen LogP contribution is 2.27. The largest absolute Gasteiger partial charge is 0.504 e. The van der Waals surface area contributed by atoms with E-state index in [-0.39, 0.29) is 11.7 Å². The summed E-state index contributed by atoms with van der Waals surface area (Å²) in [5.74, 6) is -0.430. The van der Waals surface area contributed by atoms with Gasteiger partial charge in [0.2, 0.25) is 0 Å². The van der Waals surface area contributed by atoms with Gasteiger partial charge in [-0.25, -0.2) is 0 Å². The molecule has 0 spiro atoms. The Kier molecular flexibility index (Phi) is 4.27. The third-order valence-corrected chi connectivity index (χ3v) is 3.50. The van der Waals surface area contributed by atoms with Crippen LogP contribution in [0.4, 0.5) is 0 Å². The Morgan fingerprint density at radius 2 is 2.32 bits per heavy atom. The molecule has 104 valence electrons. The van der Waals surface area contributed by atoms with Crippen LogP contribution >= 0.6 is 0 Å². The van der Waals surface area contributed by atoms with Crippen molar-refractivity contribution in [3.63, 3.8) is 0 Å². The molecule has 19 heavy (non-hydrogen) atoms. The minimum atomic E-state index is -0.720. The number of benzene rings is 1. The van der Waals surface area contributed by atoms with Gasteiger partial charge in [-0.05, 0) is 37.1 Å². The molecular weight excluding hydrogens is 246 g/mol. The van der Waals surface area contributed by atoms with Crippen LogP contribution in [0, 0.1) is 5.92 Å². The van der Waals surface area contributed by atoms with Crippen molar-refractivity contribution in [2.45, 2.75) is 19.4 Å². The highest BCUT2D eigenvalue weighted by molar-refractivity contribution is 5.70. The Morgan fingerprint density at radius 1 is 1.53 bits per heavy atom. The summed E-state index contributed by atoms with van der Waals surface area (Å²) in [6, 6.07) is 5.29. The number of likely N-dealkylation sites (tertiary alicyclic amines) is 1. The highest BCUT2D eigenvalue weighted by Gasteiger charge is 2.25. The van der Waals surface area contributed by atoms with E-state index in [2.05, 4.69) is 4.90 Å². The van der Waals surface area contributed by atoms with Crippen LogP contribution in [0.1, 0.15) is 18.4 Å². The van der Waals surface area contributed by atoms with Crippen molar-refractivity contribution in [2.75, 3.05) is 20.2 Å². The van der Waals surface area contributed by atoms with Crippen LogP contribution in [0.2, 0.25) is 0 Å². The Bertz CT molecular complexity index is 461. The molecule has 0 aromatic heterocycles. The van der Waals surface area contributed by atoms with Crippen molar-refractivity contribution in [1.82, 2.24) is 4.90 Å². The molecule has 1 aliphatic rings. The average Bonchev–Trinajstić information content (AvgIpc) is 2.39. The van der Waals surface area contributed by atoms with Gasteiger partial charge in [-0.2, -0.15) is 0 Å². The maximum Gasteiger partial charge on any atom is 0.307 e. The first-order valence-electron chi connectivity index (χ1n) is 6.41. The second-order valence-electron chi connectivity index (χ2n) is 4.92. The predicted octanol–water partition coefficient (Wildman–Crippen LogP) is 1.70. The van der Waals surface area contributed by atoms with Crippen LogP contribution < -0.4 is 4.74 Å². The van der Waals surface area contributed by atoms with Gasteiger partial charge < -0.3 is 14.9 Å². The smallest absolute Gasteiger partial charge is 0.307 e. The highest BCUT2D eigenvalue weighted by atomic mass is 16.5. The first-order chi connectivity index (χ1) is 9.10. The lowest BCUT2D eigenvalue weighted by atomic mass is 9.98. The van der Waals surface area contributed by atoms with Gasteiger partial charge in [0, 0.05) is 13.1 Å². The van der Waals surface area contributed by atoms with Crippen molar-refractivity contribution in [1.29, 1.82) is 0 Å². The Morgan fingerprint density at radius 3 is 2.95 bits per heavy atom. The van der Waals surface area contributed by atoms with E-state index in [1.54, 1.807) is 12.1 Å². The van der Waals surface area contributed by atoms with Gasteiger partial charge in [-0.15, -0.1) is 0 Å². The molecule has 0 bridgehead atoms. The number of ether oxygens (including phenoxy) is 1. The molecule has 2 N–H and O–H groups in total. The van der Waals surface area contributed by atoms with Crippen molar-refractivity contribution in [3.05, 3.63) is 23.8 Å². The van der Waals surface area contributed by atoms with E-state index in [1.807, 2.05) is 6.07 Å². The molecule has 1 aliphatic heterocycles. The van der Waals surface area contributed by atoms with E-state index < -0.39 is 5.97 Å². The summed E-state index contributed by atoms with van der Waals surface area (Å²) in [6.07, 6.45) is 1.65. The number of phenolic OH excluding ortho intramolecular Hbond substituents is 1. The summed E-state index contributed by atoms with van der Waals surface area (Å²) in [5, 5.41) is 18.8. The molecule has 0 radical (unpaired) electrons. The number of hydrogen-bond donors (Lipinski definition) is 2. The van der Waals surface area contributed by atoms with Crippen molar-refractivity contribution >= 4 is 5.97 Å². The number of methoxy groups -OCH3 is 1. The second kappa shape index (κ2) is 5.93. The monoisotopic (exact) mass is 265 g/mol. The summed E-state index contributed by atoms with van der Waals surface area (Å²) < 4.78 is 5.00. The van der Waals surface area contributed by atoms with Gasteiger partial charge in [0.15, 0.2) is 11.5 Å². The van der Waals surface area contributed by atoms with Gasteiger partial charge >= 0.3 is 5.97 Å². The maximum atomic E-state index is 11.0. The SMILES string of the molecule is COc1ccc(CN2CCCC(C(=O)O)C2)cc1O. The number of aliphatic carboxylic acids is 1. The number of nitrogens with zero attached hydrogens (tertiary/aromatic N) is 1. The first-order valence-corrected chi connectivity index (χ1v) is 6.41. The van der Waals surface area contributed by atoms with Gasteiger partial charge in [0.1, 0.15) is 0 Å². The van der Waals surface area contributed by atoms with E-state index >= 15 is 0 Å². The van der Waals surface area contributed by atoms with E-state index in [0.717, 1.165) is 24.9 Å². The van der Waals surface area contributed by atoms with Gasteiger partial charge in [-0.1, -0.05) is 6.07 Å². The molecular formula is C14H19NO4. The minimum absolute atomic E-state index is 0.117. The quantitative estimate of drug-likeness (QED) is 0.867. The standard InChI is InChI=1S/C14H19NO4/c1-19-13-5-4-10(7-12(13)16)8-15-6-2-3-11(9-15)14(17)18/h4-5,7,11,16H,2-3,6,8-9H2,1H3,(H,17,18). The van der Waals surface area contributed by atoms with Crippen molar-refractivity contribution in [2.24, 2.45) is 5.92 Å². The van der Waals surface area contributed by atoms with Crippen LogP contribution in [-0.2, 0) is 11.3 Å². The molecule has 1 aromatic rings. The Labute approximate surface area is 112 Å². The summed E-state index contributed by atoms with van der Waals surface area (Å²) in [5.41, 5.74) is 0.962. The third kappa shape index (κ3) is 3.38. The minimum Gasteiger partial charge on any atom is -0.504 e.